The Morgan fingerprint density at radius 2 is 1.75 bits per heavy atom. The van der Waals surface area contributed by atoms with Gasteiger partial charge < -0.3 is 25.0 Å². The number of guanidine groups is 1. The lowest BCUT2D eigenvalue weighted by Gasteiger charge is -2.36. The first-order valence-electron chi connectivity index (χ1n) is 10.8. The first kappa shape index (κ1) is 23.4. The molecule has 1 saturated heterocycles. The maximum Gasteiger partial charge on any atom is 0.251 e. The van der Waals surface area contributed by atoms with E-state index >= 15 is 0 Å². The number of hydrogen-bond acceptors (Lipinski definition) is 5. The Labute approximate surface area is 190 Å². The molecule has 1 amide bonds. The van der Waals surface area contributed by atoms with Crippen LogP contribution in [0.15, 0.2) is 47.5 Å². The van der Waals surface area contributed by atoms with Crippen molar-refractivity contribution >= 4 is 11.9 Å². The van der Waals surface area contributed by atoms with Crippen molar-refractivity contribution in [3.05, 3.63) is 59.2 Å². The fourth-order valence-corrected chi connectivity index (χ4v) is 3.80. The number of carbonyl (C=O) groups excluding carboxylic acids is 1. The van der Waals surface area contributed by atoms with E-state index in [1.54, 1.807) is 21.3 Å². The third kappa shape index (κ3) is 5.91. The highest BCUT2D eigenvalue weighted by atomic mass is 16.5. The number of ether oxygens (including phenoxy) is 2. The maximum absolute atomic E-state index is 11.7. The zero-order chi connectivity index (χ0) is 22.9. The largest absolute Gasteiger partial charge is 0.497 e. The van der Waals surface area contributed by atoms with Gasteiger partial charge in [0, 0.05) is 64.5 Å². The molecule has 2 aromatic carbocycles. The van der Waals surface area contributed by atoms with Gasteiger partial charge in [0.05, 0.1) is 14.2 Å². The van der Waals surface area contributed by atoms with Crippen LogP contribution in [0.4, 0.5) is 0 Å². The Kier molecular flexibility index (Phi) is 8.33. The van der Waals surface area contributed by atoms with Gasteiger partial charge in [0.2, 0.25) is 0 Å². The molecule has 0 saturated carbocycles. The van der Waals surface area contributed by atoms with Gasteiger partial charge in [-0.1, -0.05) is 12.1 Å². The van der Waals surface area contributed by atoms with E-state index in [4.69, 9.17) is 9.47 Å². The summed E-state index contributed by atoms with van der Waals surface area (Å²) in [7, 11) is 6.82. The zero-order valence-corrected chi connectivity index (χ0v) is 19.4. The minimum Gasteiger partial charge on any atom is -0.497 e. The molecular weight excluding hydrogens is 406 g/mol. The number of aliphatic imine (C=N–C) groups is 1. The summed E-state index contributed by atoms with van der Waals surface area (Å²) in [6.07, 6.45) is 0. The molecule has 2 aromatic rings. The number of nitrogens with zero attached hydrogens (tertiary/aromatic N) is 3. The van der Waals surface area contributed by atoms with Gasteiger partial charge in [0.15, 0.2) is 5.96 Å². The van der Waals surface area contributed by atoms with Crippen LogP contribution in [0.3, 0.4) is 0 Å². The molecule has 0 bridgehead atoms. The normalized spacial score (nSPS) is 14.8. The minimum atomic E-state index is -0.0789. The summed E-state index contributed by atoms with van der Waals surface area (Å²) in [6, 6.07) is 13.5. The molecular formula is C24H33N5O3. The van der Waals surface area contributed by atoms with Crippen molar-refractivity contribution in [1.82, 2.24) is 20.4 Å². The lowest BCUT2D eigenvalue weighted by atomic mass is 10.1. The number of rotatable bonds is 7. The second-order valence-electron chi connectivity index (χ2n) is 7.62. The van der Waals surface area contributed by atoms with Crippen LogP contribution in [-0.2, 0) is 13.1 Å². The maximum atomic E-state index is 11.7. The third-order valence-corrected chi connectivity index (χ3v) is 5.66. The first-order valence-corrected chi connectivity index (χ1v) is 10.8. The van der Waals surface area contributed by atoms with E-state index in [1.165, 1.54) is 0 Å². The van der Waals surface area contributed by atoms with Gasteiger partial charge in [-0.25, -0.2) is 0 Å². The fourth-order valence-electron chi connectivity index (χ4n) is 3.80. The Morgan fingerprint density at radius 3 is 2.34 bits per heavy atom. The SMILES string of the molecule is CN=C(NCc1ccc(C(=O)NC)cc1)N1CCN(Cc2cc(OC)ccc2OC)CC1. The Hall–Kier alpha value is -3.26. The second-order valence-corrected chi connectivity index (χ2v) is 7.62. The molecule has 1 aliphatic rings. The average molecular weight is 440 g/mol. The number of piperazine rings is 1. The molecule has 0 aromatic heterocycles. The Morgan fingerprint density at radius 1 is 1.03 bits per heavy atom. The van der Waals surface area contributed by atoms with Gasteiger partial charge in [-0.05, 0) is 35.9 Å². The number of benzene rings is 2. The predicted molar refractivity (Wildman–Crippen MR) is 126 cm³/mol. The summed E-state index contributed by atoms with van der Waals surface area (Å²) in [5, 5.41) is 6.07. The highest BCUT2D eigenvalue weighted by Crippen LogP contribution is 2.25. The molecule has 3 rings (SSSR count). The molecule has 8 heteroatoms. The highest BCUT2D eigenvalue weighted by Gasteiger charge is 2.21. The second kappa shape index (κ2) is 11.4. The van der Waals surface area contributed by atoms with E-state index < -0.39 is 0 Å². The lowest BCUT2D eigenvalue weighted by Crippen LogP contribution is -2.52. The lowest BCUT2D eigenvalue weighted by molar-refractivity contribution is 0.0963. The van der Waals surface area contributed by atoms with Gasteiger partial charge in [0.1, 0.15) is 11.5 Å². The van der Waals surface area contributed by atoms with Gasteiger partial charge in [0.25, 0.3) is 5.91 Å². The van der Waals surface area contributed by atoms with Crippen molar-refractivity contribution in [2.45, 2.75) is 13.1 Å². The van der Waals surface area contributed by atoms with E-state index in [2.05, 4.69) is 25.4 Å². The summed E-state index contributed by atoms with van der Waals surface area (Å²) in [4.78, 5) is 20.8. The van der Waals surface area contributed by atoms with Crippen LogP contribution in [0.1, 0.15) is 21.5 Å². The molecule has 172 valence electrons. The summed E-state index contributed by atoms with van der Waals surface area (Å²) in [5.74, 6) is 2.53. The Balaban J connectivity index is 1.52. The highest BCUT2D eigenvalue weighted by molar-refractivity contribution is 5.93. The van der Waals surface area contributed by atoms with Crippen LogP contribution in [0.2, 0.25) is 0 Å². The van der Waals surface area contributed by atoms with Crippen molar-refractivity contribution in [3.8, 4) is 11.5 Å². The topological polar surface area (TPSA) is 78.4 Å². The van der Waals surface area contributed by atoms with E-state index in [-0.39, 0.29) is 5.91 Å². The number of amides is 1. The van der Waals surface area contributed by atoms with Crippen molar-refractivity contribution in [2.24, 2.45) is 4.99 Å². The van der Waals surface area contributed by atoms with E-state index in [0.717, 1.165) is 61.3 Å². The molecule has 0 unspecified atom stereocenters. The van der Waals surface area contributed by atoms with Gasteiger partial charge in [-0.2, -0.15) is 0 Å². The molecule has 1 heterocycles. The van der Waals surface area contributed by atoms with Crippen LogP contribution >= 0.6 is 0 Å². The minimum absolute atomic E-state index is 0.0789. The fraction of sp³-hybridized carbons (Fsp3) is 0.417. The zero-order valence-electron chi connectivity index (χ0n) is 19.4. The molecule has 0 atom stereocenters. The van der Waals surface area contributed by atoms with Crippen molar-refractivity contribution in [1.29, 1.82) is 0 Å². The molecule has 1 aliphatic heterocycles. The number of nitrogens with one attached hydrogen (secondary N) is 2. The van der Waals surface area contributed by atoms with E-state index in [1.807, 2.05) is 49.5 Å². The molecule has 1 fully saturated rings. The first-order chi connectivity index (χ1) is 15.6. The molecule has 32 heavy (non-hydrogen) atoms. The summed E-state index contributed by atoms with van der Waals surface area (Å²) in [5.41, 5.74) is 2.88. The predicted octanol–water partition coefficient (Wildman–Crippen LogP) is 1.96. The standard InChI is InChI=1S/C24H33N5O3/c1-25-23(30)19-7-5-18(6-8-19)16-27-24(26-2)29-13-11-28(12-14-29)17-20-15-21(31-3)9-10-22(20)32-4/h5-10,15H,11-14,16-17H2,1-4H3,(H,25,30)(H,26,27). The summed E-state index contributed by atoms with van der Waals surface area (Å²) < 4.78 is 10.9. The van der Waals surface area contributed by atoms with Crippen molar-refractivity contribution < 1.29 is 14.3 Å². The Bertz CT molecular complexity index is 922. The molecule has 8 nitrogen and oxygen atoms in total. The van der Waals surface area contributed by atoms with Gasteiger partial charge in [-0.15, -0.1) is 0 Å². The number of methoxy groups -OCH3 is 2. The third-order valence-electron chi connectivity index (χ3n) is 5.66. The van der Waals surface area contributed by atoms with Crippen LogP contribution in [-0.4, -0.2) is 76.2 Å². The number of hydrogen-bond donors (Lipinski definition) is 2. The average Bonchev–Trinajstić information content (AvgIpc) is 2.85. The van der Waals surface area contributed by atoms with Crippen molar-refractivity contribution in [2.75, 3.05) is 54.5 Å². The molecule has 2 N–H and O–H groups in total. The molecule has 0 aliphatic carbocycles. The monoisotopic (exact) mass is 439 g/mol. The molecule has 0 radical (unpaired) electrons. The van der Waals surface area contributed by atoms with Crippen LogP contribution in [0.25, 0.3) is 0 Å². The van der Waals surface area contributed by atoms with Gasteiger partial charge >= 0.3 is 0 Å². The van der Waals surface area contributed by atoms with E-state index in [0.29, 0.717) is 12.1 Å². The van der Waals surface area contributed by atoms with E-state index in [9.17, 15) is 4.79 Å². The van der Waals surface area contributed by atoms with Crippen LogP contribution < -0.4 is 20.1 Å². The van der Waals surface area contributed by atoms with Crippen LogP contribution in [0, 0.1) is 0 Å². The smallest absolute Gasteiger partial charge is 0.251 e. The number of carbonyl (C=O) groups is 1. The van der Waals surface area contributed by atoms with Gasteiger partial charge in [-0.3, -0.25) is 14.7 Å². The quantitative estimate of drug-likeness (QED) is 0.507. The molecule has 0 spiro atoms. The summed E-state index contributed by atoms with van der Waals surface area (Å²) >= 11 is 0. The van der Waals surface area contributed by atoms with Crippen molar-refractivity contribution in [3.63, 3.8) is 0 Å². The van der Waals surface area contributed by atoms with Crippen LogP contribution in [0.5, 0.6) is 11.5 Å². The summed E-state index contributed by atoms with van der Waals surface area (Å²) in [6.45, 7) is 5.12.